The Kier molecular flexibility index (Phi) is 3.67. The lowest BCUT2D eigenvalue weighted by Gasteiger charge is -2.13. The molecule has 0 saturated heterocycles. The molecule has 24 heavy (non-hydrogen) atoms. The van der Waals surface area contributed by atoms with E-state index >= 15 is 0 Å². The van der Waals surface area contributed by atoms with Crippen molar-refractivity contribution >= 4 is 35.7 Å². The van der Waals surface area contributed by atoms with Crippen LogP contribution in [0.25, 0.3) is 16.8 Å². The van der Waals surface area contributed by atoms with Crippen LogP contribution in [0.4, 0.5) is 5.69 Å². The molecule has 3 aromatic carbocycles. The molecule has 1 N–H and O–H groups in total. The lowest BCUT2D eigenvalue weighted by atomic mass is 9.90. The number of ketones is 1. The molecule has 3 nitrogen and oxygen atoms in total. The fourth-order valence-corrected chi connectivity index (χ4v) is 3.16. The highest BCUT2D eigenvalue weighted by atomic mass is 16.5. The number of carbonyl (C=O) groups is 1. The van der Waals surface area contributed by atoms with Crippen molar-refractivity contribution < 1.29 is 10.0 Å². The third-order valence-corrected chi connectivity index (χ3v) is 4.33. The standard InChI is InChI=1S/C20H15BNO2/c23-19(18-10-4-6-14-5-1-2-9-17(14)18)12-11-15-7-3-8-16-13-21-22(24)20(15)16/h1-12,24H,13H2/b12-11+. The minimum absolute atomic E-state index is 0.0455. The second kappa shape index (κ2) is 5.98. The molecule has 0 amide bonds. The first kappa shape index (κ1) is 14.7. The summed E-state index contributed by atoms with van der Waals surface area (Å²) in [6.45, 7) is 0. The summed E-state index contributed by atoms with van der Waals surface area (Å²) in [6, 6.07) is 19.4. The number of anilines is 1. The zero-order valence-electron chi connectivity index (χ0n) is 13.0. The molecule has 0 unspecified atom stereocenters. The van der Waals surface area contributed by atoms with Gasteiger partial charge in [0.1, 0.15) is 0 Å². The number of benzene rings is 3. The van der Waals surface area contributed by atoms with Crippen molar-refractivity contribution in [1.82, 2.24) is 0 Å². The highest BCUT2D eigenvalue weighted by molar-refractivity contribution is 6.43. The predicted octanol–water partition coefficient (Wildman–Crippen LogP) is 4.06. The Labute approximate surface area is 141 Å². The lowest BCUT2D eigenvalue weighted by Crippen LogP contribution is -2.18. The van der Waals surface area contributed by atoms with Crippen LogP contribution in [0.1, 0.15) is 21.5 Å². The third-order valence-electron chi connectivity index (χ3n) is 4.33. The molecule has 0 fully saturated rings. The summed E-state index contributed by atoms with van der Waals surface area (Å²) in [5, 5.41) is 11.9. The van der Waals surface area contributed by atoms with E-state index in [4.69, 9.17) is 0 Å². The van der Waals surface area contributed by atoms with Crippen molar-refractivity contribution in [3.63, 3.8) is 0 Å². The van der Waals surface area contributed by atoms with Crippen LogP contribution in [0.15, 0.2) is 66.7 Å². The van der Waals surface area contributed by atoms with Gasteiger partial charge in [-0.25, -0.2) is 0 Å². The van der Waals surface area contributed by atoms with Crippen LogP contribution in [0.3, 0.4) is 0 Å². The molecular formula is C20H15BNO2. The van der Waals surface area contributed by atoms with E-state index in [0.29, 0.717) is 11.9 Å². The van der Waals surface area contributed by atoms with E-state index in [2.05, 4.69) is 0 Å². The average molecular weight is 312 g/mol. The Bertz CT molecular complexity index is 960. The number of carbonyl (C=O) groups excluding carboxylic acids is 1. The molecule has 1 aliphatic heterocycles. The van der Waals surface area contributed by atoms with Gasteiger partial charge < -0.3 is 10.2 Å². The van der Waals surface area contributed by atoms with Crippen LogP contribution >= 0.6 is 0 Å². The maximum Gasteiger partial charge on any atom is 0.290 e. The van der Waals surface area contributed by atoms with E-state index in [1.165, 1.54) is 0 Å². The molecule has 0 atom stereocenters. The highest BCUT2D eigenvalue weighted by Crippen LogP contribution is 2.30. The molecule has 0 aromatic heterocycles. The molecule has 4 rings (SSSR count). The second-order valence-corrected chi connectivity index (χ2v) is 5.81. The summed E-state index contributed by atoms with van der Waals surface area (Å²) in [4.78, 5) is 13.8. The van der Waals surface area contributed by atoms with Crippen LogP contribution in [0.5, 0.6) is 0 Å². The molecule has 1 heterocycles. The Morgan fingerprint density at radius 3 is 2.75 bits per heavy atom. The summed E-state index contributed by atoms with van der Waals surface area (Å²) in [6.07, 6.45) is 4.04. The van der Waals surface area contributed by atoms with Gasteiger partial charge in [0, 0.05) is 5.56 Å². The minimum Gasteiger partial charge on any atom is -0.308 e. The first-order chi connectivity index (χ1) is 11.7. The van der Waals surface area contributed by atoms with Gasteiger partial charge in [-0.2, -0.15) is 0 Å². The van der Waals surface area contributed by atoms with Gasteiger partial charge in [-0.15, -0.1) is 0 Å². The van der Waals surface area contributed by atoms with Gasteiger partial charge in [0.25, 0.3) is 7.41 Å². The third kappa shape index (κ3) is 2.51. The van der Waals surface area contributed by atoms with Crippen LogP contribution in [-0.2, 0) is 6.32 Å². The number of hydrogen-bond acceptors (Lipinski definition) is 3. The first-order valence-electron chi connectivity index (χ1n) is 7.87. The van der Waals surface area contributed by atoms with E-state index in [9.17, 15) is 10.0 Å². The van der Waals surface area contributed by atoms with Crippen molar-refractivity contribution in [2.75, 3.05) is 4.97 Å². The SMILES string of the molecule is O=C(/C=C/c1cccc2c1N(O)[B]C2)c1cccc2ccccc12. The largest absolute Gasteiger partial charge is 0.308 e. The summed E-state index contributed by atoms with van der Waals surface area (Å²) in [5.74, 6) is -0.0455. The number of para-hydroxylation sites is 1. The Hall–Kier alpha value is -2.85. The van der Waals surface area contributed by atoms with Crippen LogP contribution in [0.2, 0.25) is 0 Å². The van der Waals surface area contributed by atoms with Gasteiger partial charge in [0.05, 0.1) is 5.69 Å². The first-order valence-corrected chi connectivity index (χ1v) is 7.87. The Balaban J connectivity index is 1.70. The number of nitrogens with zero attached hydrogens (tertiary/aromatic N) is 1. The zero-order chi connectivity index (χ0) is 16.5. The Morgan fingerprint density at radius 2 is 1.83 bits per heavy atom. The van der Waals surface area contributed by atoms with Gasteiger partial charge in [0.2, 0.25) is 0 Å². The maximum absolute atomic E-state index is 12.6. The van der Waals surface area contributed by atoms with Gasteiger partial charge in [0.15, 0.2) is 5.78 Å². The van der Waals surface area contributed by atoms with E-state index < -0.39 is 0 Å². The zero-order valence-corrected chi connectivity index (χ0v) is 13.0. The molecule has 115 valence electrons. The van der Waals surface area contributed by atoms with Crippen molar-refractivity contribution in [3.8, 4) is 0 Å². The summed E-state index contributed by atoms with van der Waals surface area (Å²) < 4.78 is 0. The average Bonchev–Trinajstić information content (AvgIpc) is 3.01. The van der Waals surface area contributed by atoms with Crippen molar-refractivity contribution in [3.05, 3.63) is 83.4 Å². The minimum atomic E-state index is -0.0455. The summed E-state index contributed by atoms with van der Waals surface area (Å²) in [7, 11) is 1.72. The monoisotopic (exact) mass is 312 g/mol. The molecule has 3 aromatic rings. The van der Waals surface area contributed by atoms with Gasteiger partial charge in [-0.1, -0.05) is 60.7 Å². The summed E-state index contributed by atoms with van der Waals surface area (Å²) >= 11 is 0. The maximum atomic E-state index is 12.6. The van der Waals surface area contributed by atoms with Gasteiger partial charge in [-0.3, -0.25) is 4.79 Å². The smallest absolute Gasteiger partial charge is 0.290 e. The number of fused-ring (bicyclic) bond motifs is 2. The number of hydrogen-bond donors (Lipinski definition) is 1. The van der Waals surface area contributed by atoms with Gasteiger partial charge in [-0.05, 0) is 40.4 Å². The van der Waals surface area contributed by atoms with Crippen molar-refractivity contribution in [2.45, 2.75) is 6.32 Å². The molecule has 1 aliphatic rings. The number of rotatable bonds is 3. The second-order valence-electron chi connectivity index (χ2n) is 5.81. The normalized spacial score (nSPS) is 13.3. The highest BCUT2D eigenvalue weighted by Gasteiger charge is 2.21. The Morgan fingerprint density at radius 1 is 1.04 bits per heavy atom. The summed E-state index contributed by atoms with van der Waals surface area (Å²) in [5.41, 5.74) is 3.32. The predicted molar refractivity (Wildman–Crippen MR) is 97.5 cm³/mol. The van der Waals surface area contributed by atoms with Gasteiger partial charge >= 0.3 is 0 Å². The van der Waals surface area contributed by atoms with Crippen LogP contribution in [-0.4, -0.2) is 18.4 Å². The van der Waals surface area contributed by atoms with E-state index in [1.54, 1.807) is 19.6 Å². The molecule has 1 radical (unpaired) electrons. The van der Waals surface area contributed by atoms with E-state index in [0.717, 1.165) is 32.6 Å². The van der Waals surface area contributed by atoms with Crippen LogP contribution < -0.4 is 4.97 Å². The molecule has 0 spiro atoms. The van der Waals surface area contributed by atoms with Crippen LogP contribution in [0, 0.1) is 0 Å². The molecular weight excluding hydrogens is 297 g/mol. The molecule has 0 bridgehead atoms. The lowest BCUT2D eigenvalue weighted by molar-refractivity contribution is 0.104. The topological polar surface area (TPSA) is 40.5 Å². The van der Waals surface area contributed by atoms with E-state index in [-0.39, 0.29) is 5.78 Å². The fourth-order valence-electron chi connectivity index (χ4n) is 3.16. The van der Waals surface area contributed by atoms with E-state index in [1.807, 2.05) is 60.7 Å². The van der Waals surface area contributed by atoms with Crippen molar-refractivity contribution in [1.29, 1.82) is 0 Å². The molecule has 4 heteroatoms. The fraction of sp³-hybridized carbons (Fsp3) is 0.0500. The van der Waals surface area contributed by atoms with Crippen molar-refractivity contribution in [2.24, 2.45) is 0 Å². The quantitative estimate of drug-likeness (QED) is 0.450. The molecule has 0 aliphatic carbocycles. The molecule has 0 saturated carbocycles. The number of allylic oxidation sites excluding steroid dienone is 1.